The van der Waals surface area contributed by atoms with Crippen LogP contribution in [0.3, 0.4) is 0 Å². The van der Waals surface area contributed by atoms with Crippen LogP contribution in [0.25, 0.3) is 0 Å². The van der Waals surface area contributed by atoms with Gasteiger partial charge in [0.05, 0.1) is 46.2 Å². The van der Waals surface area contributed by atoms with Crippen molar-refractivity contribution in [1.82, 2.24) is 16.0 Å². The van der Waals surface area contributed by atoms with Crippen molar-refractivity contribution in [2.24, 2.45) is 11.5 Å². The van der Waals surface area contributed by atoms with Crippen molar-refractivity contribution in [2.45, 2.75) is 25.3 Å². The Labute approximate surface area is 204 Å². The van der Waals surface area contributed by atoms with E-state index < -0.39 is 29.9 Å². The van der Waals surface area contributed by atoms with E-state index in [9.17, 15) is 19.2 Å². The number of ether oxygens (including phenoxy) is 4. The van der Waals surface area contributed by atoms with Crippen molar-refractivity contribution in [2.75, 3.05) is 65.9 Å². The van der Waals surface area contributed by atoms with Gasteiger partial charge in [-0.3, -0.25) is 14.4 Å². The Morgan fingerprint density at radius 3 is 2.29 bits per heavy atom. The maximum absolute atomic E-state index is 12.4. The topological polar surface area (TPSA) is 193 Å². The van der Waals surface area contributed by atoms with Crippen LogP contribution < -0.4 is 27.4 Å². The Kier molecular flexibility index (Phi) is 16.6. The van der Waals surface area contributed by atoms with E-state index in [0.717, 1.165) is 5.57 Å². The molecule has 0 saturated heterocycles. The van der Waals surface area contributed by atoms with Crippen LogP contribution >= 0.6 is 0 Å². The monoisotopic (exact) mass is 499 g/mol. The highest BCUT2D eigenvalue weighted by molar-refractivity contribution is 5.89. The van der Waals surface area contributed by atoms with Crippen LogP contribution in [0, 0.1) is 0 Å². The Balaban J connectivity index is 2.20. The van der Waals surface area contributed by atoms with E-state index in [1.54, 1.807) is 0 Å². The normalized spacial score (nSPS) is 13.1. The fourth-order valence-corrected chi connectivity index (χ4v) is 2.74. The summed E-state index contributed by atoms with van der Waals surface area (Å²) in [5.41, 5.74) is 11.4. The van der Waals surface area contributed by atoms with Crippen molar-refractivity contribution >= 4 is 23.8 Å². The quantitative estimate of drug-likeness (QED) is 0.124. The predicted octanol–water partition coefficient (Wildman–Crippen LogP) is -1.53. The number of hydrogen-bond donors (Lipinski definition) is 5. The number of hydrogen-bond acceptors (Lipinski definition) is 9. The number of amides is 4. The zero-order valence-corrected chi connectivity index (χ0v) is 19.9. The highest BCUT2D eigenvalue weighted by Crippen LogP contribution is 2.10. The van der Waals surface area contributed by atoms with Gasteiger partial charge < -0.3 is 46.4 Å². The molecule has 0 aromatic rings. The number of allylic oxidation sites excluding steroid dienone is 3. The summed E-state index contributed by atoms with van der Waals surface area (Å²) >= 11 is 0. The summed E-state index contributed by atoms with van der Waals surface area (Å²) in [6, 6.07) is -1.08. The molecule has 35 heavy (non-hydrogen) atoms. The SMILES string of the molecule is NCCOCCOCCOCCNC(=O)CNC(=O)C(CCC(N)=O)NC(=O)OCC1=CC=CC1. The van der Waals surface area contributed by atoms with Crippen LogP contribution in [0.5, 0.6) is 0 Å². The second-order valence-electron chi connectivity index (χ2n) is 7.43. The molecule has 0 aromatic carbocycles. The molecule has 0 aromatic heterocycles. The molecule has 4 amide bonds. The van der Waals surface area contributed by atoms with Crippen LogP contribution in [-0.2, 0) is 33.3 Å². The summed E-state index contributed by atoms with van der Waals surface area (Å²) in [5, 5.41) is 7.42. The lowest BCUT2D eigenvalue weighted by molar-refractivity contribution is -0.127. The largest absolute Gasteiger partial charge is 0.445 e. The molecule has 1 unspecified atom stereocenters. The van der Waals surface area contributed by atoms with Gasteiger partial charge in [-0.1, -0.05) is 18.2 Å². The molecule has 198 valence electrons. The minimum atomic E-state index is -1.08. The zero-order valence-electron chi connectivity index (χ0n) is 19.9. The third kappa shape index (κ3) is 16.3. The molecule has 0 fully saturated rings. The van der Waals surface area contributed by atoms with Crippen molar-refractivity contribution in [1.29, 1.82) is 0 Å². The first-order valence-electron chi connectivity index (χ1n) is 11.5. The summed E-state index contributed by atoms with van der Waals surface area (Å²) in [6.45, 7) is 2.92. The van der Waals surface area contributed by atoms with E-state index >= 15 is 0 Å². The molecule has 1 aliphatic carbocycles. The highest BCUT2D eigenvalue weighted by atomic mass is 16.6. The predicted molar refractivity (Wildman–Crippen MR) is 126 cm³/mol. The third-order valence-electron chi connectivity index (χ3n) is 4.52. The molecule has 0 heterocycles. The molecule has 1 aliphatic rings. The lowest BCUT2D eigenvalue weighted by Crippen LogP contribution is -2.49. The summed E-state index contributed by atoms with van der Waals surface area (Å²) in [6.07, 6.45) is 5.35. The minimum Gasteiger partial charge on any atom is -0.445 e. The van der Waals surface area contributed by atoms with Crippen LogP contribution in [0.2, 0.25) is 0 Å². The van der Waals surface area contributed by atoms with Gasteiger partial charge in [0.25, 0.3) is 0 Å². The van der Waals surface area contributed by atoms with E-state index in [-0.39, 0.29) is 39.1 Å². The molecule has 13 nitrogen and oxygen atoms in total. The number of primary amides is 1. The number of nitrogens with one attached hydrogen (secondary N) is 3. The van der Waals surface area contributed by atoms with Crippen molar-refractivity contribution < 1.29 is 38.1 Å². The Morgan fingerprint density at radius 2 is 1.66 bits per heavy atom. The van der Waals surface area contributed by atoms with Gasteiger partial charge in [-0.05, 0) is 18.4 Å². The molecule has 0 spiro atoms. The van der Waals surface area contributed by atoms with Crippen LogP contribution in [0.1, 0.15) is 19.3 Å². The van der Waals surface area contributed by atoms with Crippen molar-refractivity contribution in [3.8, 4) is 0 Å². The van der Waals surface area contributed by atoms with E-state index in [4.69, 9.17) is 30.4 Å². The van der Waals surface area contributed by atoms with Crippen LogP contribution in [0.4, 0.5) is 4.79 Å². The lowest BCUT2D eigenvalue weighted by Gasteiger charge is -2.18. The summed E-state index contributed by atoms with van der Waals surface area (Å²) in [5.74, 6) is -1.70. The van der Waals surface area contributed by atoms with Gasteiger partial charge in [-0.15, -0.1) is 0 Å². The number of alkyl carbamates (subject to hydrolysis) is 1. The van der Waals surface area contributed by atoms with Crippen LogP contribution in [0.15, 0.2) is 23.8 Å². The minimum absolute atomic E-state index is 0.0306. The maximum Gasteiger partial charge on any atom is 0.408 e. The molecule has 1 rings (SSSR count). The molecule has 0 radical (unpaired) electrons. The lowest BCUT2D eigenvalue weighted by atomic mass is 10.1. The third-order valence-corrected chi connectivity index (χ3v) is 4.52. The number of nitrogens with two attached hydrogens (primary N) is 2. The number of rotatable bonds is 20. The Hall–Kier alpha value is -3.00. The second-order valence-corrected chi connectivity index (χ2v) is 7.43. The molecule has 13 heteroatoms. The fraction of sp³-hybridized carbons (Fsp3) is 0.636. The molecule has 1 atom stereocenters. The zero-order chi connectivity index (χ0) is 25.7. The highest BCUT2D eigenvalue weighted by Gasteiger charge is 2.22. The van der Waals surface area contributed by atoms with E-state index in [1.807, 2.05) is 18.2 Å². The smallest absolute Gasteiger partial charge is 0.408 e. The fourth-order valence-electron chi connectivity index (χ4n) is 2.74. The summed E-state index contributed by atoms with van der Waals surface area (Å²) in [4.78, 5) is 47.5. The first-order valence-corrected chi connectivity index (χ1v) is 11.5. The van der Waals surface area contributed by atoms with Gasteiger partial charge in [0, 0.05) is 19.5 Å². The molecule has 0 saturated carbocycles. The summed E-state index contributed by atoms with van der Waals surface area (Å²) in [7, 11) is 0. The van der Waals surface area contributed by atoms with E-state index in [0.29, 0.717) is 46.0 Å². The first-order chi connectivity index (χ1) is 16.9. The Morgan fingerprint density at radius 1 is 0.971 bits per heavy atom. The molecular formula is C22H37N5O8. The molecule has 7 N–H and O–H groups in total. The van der Waals surface area contributed by atoms with Crippen molar-refractivity contribution in [3.63, 3.8) is 0 Å². The van der Waals surface area contributed by atoms with Crippen LogP contribution in [-0.4, -0.2) is 95.7 Å². The van der Waals surface area contributed by atoms with Gasteiger partial charge in [0.2, 0.25) is 17.7 Å². The molecule has 0 bridgehead atoms. The van der Waals surface area contributed by atoms with Gasteiger partial charge in [-0.25, -0.2) is 4.79 Å². The average molecular weight is 500 g/mol. The molecular weight excluding hydrogens is 462 g/mol. The standard InChI is InChI=1S/C22H37N5O8/c23-7-9-32-11-13-34-14-12-33-10-8-25-20(29)15-26-21(30)18(5-6-19(24)28)27-22(31)35-16-17-3-1-2-4-17/h1-3,18H,4-16,23H2,(H2,24,28)(H,25,29)(H,26,30)(H,27,31). The van der Waals surface area contributed by atoms with Gasteiger partial charge >= 0.3 is 6.09 Å². The van der Waals surface area contributed by atoms with Gasteiger partial charge in [-0.2, -0.15) is 0 Å². The second kappa shape index (κ2) is 19.3. The van der Waals surface area contributed by atoms with Gasteiger partial charge in [0.1, 0.15) is 12.6 Å². The first kappa shape index (κ1) is 30.0. The van der Waals surface area contributed by atoms with E-state index in [2.05, 4.69) is 16.0 Å². The van der Waals surface area contributed by atoms with Gasteiger partial charge in [0.15, 0.2) is 0 Å². The average Bonchev–Trinajstić information content (AvgIpc) is 3.36. The summed E-state index contributed by atoms with van der Waals surface area (Å²) < 4.78 is 20.9. The Bertz CT molecular complexity index is 729. The van der Waals surface area contributed by atoms with E-state index in [1.165, 1.54) is 0 Å². The van der Waals surface area contributed by atoms with Crippen molar-refractivity contribution in [3.05, 3.63) is 23.8 Å². The number of carbonyl (C=O) groups is 4. The molecule has 0 aliphatic heterocycles. The number of carbonyl (C=O) groups excluding carboxylic acids is 4. The maximum atomic E-state index is 12.4.